The molecule has 0 atom stereocenters. The van der Waals surface area contributed by atoms with Crippen LogP contribution >= 0.6 is 27.3 Å². The molecule has 0 unspecified atom stereocenters. The summed E-state index contributed by atoms with van der Waals surface area (Å²) in [6, 6.07) is 15.6. The molecule has 176 valence electrons. The van der Waals surface area contributed by atoms with Gasteiger partial charge in [0.2, 0.25) is 5.91 Å². The summed E-state index contributed by atoms with van der Waals surface area (Å²) in [5, 5.41) is 11.1. The number of hydrogen-bond donors (Lipinski definition) is 1. The lowest BCUT2D eigenvalue weighted by atomic mass is 9.74. The van der Waals surface area contributed by atoms with Crippen LogP contribution in [-0.2, 0) is 26.8 Å². The topological polar surface area (TPSA) is 95.0 Å². The highest BCUT2D eigenvalue weighted by atomic mass is 79.9. The Balaban J connectivity index is 1.46. The summed E-state index contributed by atoms with van der Waals surface area (Å²) < 4.78 is 28.6. The minimum Gasteiger partial charge on any atom is -0.478 e. The summed E-state index contributed by atoms with van der Waals surface area (Å²) >= 11 is 4.71. The molecule has 34 heavy (non-hydrogen) atoms. The van der Waals surface area contributed by atoms with E-state index >= 15 is 0 Å². The largest absolute Gasteiger partial charge is 0.478 e. The number of carboxylic acid groups (broad SMARTS) is 1. The standard InChI is InChI=1S/C24H21BrN2O5S2/c25-18-6-7-20-19(14-18)24(8-10-26(11-9-24)34(31,32)21-5-2-12-33-21)23(30)27(20)15-16-3-1-4-17(13-16)22(28)29/h1-7,12-14H,8-11,15H2,(H,28,29). The molecule has 10 heteroatoms. The first-order valence-corrected chi connectivity index (χ1v) is 13.8. The molecule has 5 rings (SSSR count). The molecule has 0 bridgehead atoms. The lowest BCUT2D eigenvalue weighted by Gasteiger charge is -2.37. The summed E-state index contributed by atoms with van der Waals surface area (Å²) in [6.45, 7) is 0.744. The average Bonchev–Trinajstić information content (AvgIpc) is 3.44. The maximum Gasteiger partial charge on any atom is 0.335 e. The Bertz CT molecular complexity index is 1380. The number of sulfonamides is 1. The van der Waals surface area contributed by atoms with Crippen molar-refractivity contribution in [2.75, 3.05) is 18.0 Å². The first-order chi connectivity index (χ1) is 16.2. The molecule has 2 aliphatic rings. The summed E-state index contributed by atoms with van der Waals surface area (Å²) in [5.74, 6) is -1.09. The number of piperidine rings is 1. The van der Waals surface area contributed by atoms with Crippen LogP contribution in [0.5, 0.6) is 0 Å². The van der Waals surface area contributed by atoms with Crippen LogP contribution in [0.15, 0.2) is 68.7 Å². The molecule has 1 aromatic heterocycles. The molecule has 7 nitrogen and oxygen atoms in total. The van der Waals surface area contributed by atoms with Crippen molar-refractivity contribution in [2.24, 2.45) is 0 Å². The summed E-state index contributed by atoms with van der Waals surface area (Å²) in [5.41, 5.74) is 1.74. The third-order valence-corrected chi connectivity index (χ3v) is 10.4. The van der Waals surface area contributed by atoms with E-state index < -0.39 is 21.4 Å². The number of fused-ring (bicyclic) bond motifs is 2. The summed E-state index contributed by atoms with van der Waals surface area (Å²) in [4.78, 5) is 27.0. The Hall–Kier alpha value is -2.53. The lowest BCUT2D eigenvalue weighted by molar-refractivity contribution is -0.124. The van der Waals surface area contributed by atoms with Gasteiger partial charge in [0.1, 0.15) is 4.21 Å². The second kappa shape index (κ2) is 8.60. The molecule has 2 aliphatic heterocycles. The monoisotopic (exact) mass is 560 g/mol. The number of anilines is 1. The van der Waals surface area contributed by atoms with Gasteiger partial charge in [-0.15, -0.1) is 11.3 Å². The molecule has 0 radical (unpaired) electrons. The number of amides is 1. The number of nitrogens with zero attached hydrogens (tertiary/aromatic N) is 2. The van der Waals surface area contributed by atoms with Gasteiger partial charge in [0.05, 0.1) is 17.5 Å². The van der Waals surface area contributed by atoms with E-state index in [2.05, 4.69) is 15.9 Å². The van der Waals surface area contributed by atoms with Crippen molar-refractivity contribution in [3.8, 4) is 0 Å². The van der Waals surface area contributed by atoms with Crippen LogP contribution in [0.1, 0.15) is 34.3 Å². The molecule has 0 saturated carbocycles. The maximum atomic E-state index is 13.9. The lowest BCUT2D eigenvalue weighted by Crippen LogP contribution is -2.49. The number of carboxylic acids is 1. The molecule has 1 saturated heterocycles. The highest BCUT2D eigenvalue weighted by Crippen LogP contribution is 2.49. The second-order valence-corrected chi connectivity index (χ2v) is 12.5. The third-order valence-electron chi connectivity index (χ3n) is 6.60. The Morgan fingerprint density at radius 1 is 1.09 bits per heavy atom. The van der Waals surface area contributed by atoms with Crippen molar-refractivity contribution in [1.29, 1.82) is 0 Å². The SMILES string of the molecule is O=C(O)c1cccc(CN2C(=O)C3(CCN(S(=O)(=O)c4cccs4)CC3)c3cc(Br)ccc32)c1. The van der Waals surface area contributed by atoms with E-state index in [-0.39, 0.29) is 31.1 Å². The van der Waals surface area contributed by atoms with Crippen molar-refractivity contribution in [3.05, 3.63) is 81.1 Å². The Morgan fingerprint density at radius 3 is 2.53 bits per heavy atom. The Labute approximate surface area is 209 Å². The van der Waals surface area contributed by atoms with Gasteiger partial charge in [0, 0.05) is 23.2 Å². The third kappa shape index (κ3) is 3.78. The van der Waals surface area contributed by atoms with E-state index in [0.29, 0.717) is 17.1 Å². The first kappa shape index (κ1) is 23.2. The normalized spacial score (nSPS) is 17.8. The predicted molar refractivity (Wildman–Crippen MR) is 133 cm³/mol. The number of carbonyl (C=O) groups excluding carboxylic acids is 1. The van der Waals surface area contributed by atoms with Gasteiger partial charge < -0.3 is 10.0 Å². The molecule has 1 N–H and O–H groups in total. The van der Waals surface area contributed by atoms with Crippen LogP contribution in [0.2, 0.25) is 0 Å². The van der Waals surface area contributed by atoms with Gasteiger partial charge >= 0.3 is 5.97 Å². The van der Waals surface area contributed by atoms with E-state index in [1.54, 1.807) is 40.6 Å². The van der Waals surface area contributed by atoms with E-state index in [1.165, 1.54) is 21.7 Å². The van der Waals surface area contributed by atoms with Crippen molar-refractivity contribution in [3.63, 3.8) is 0 Å². The molecule has 1 amide bonds. The van der Waals surface area contributed by atoms with E-state index in [9.17, 15) is 23.1 Å². The van der Waals surface area contributed by atoms with E-state index in [1.807, 2.05) is 18.2 Å². The molecule has 0 aliphatic carbocycles. The van der Waals surface area contributed by atoms with Crippen molar-refractivity contribution in [2.45, 2.75) is 29.0 Å². The average molecular weight is 561 g/mol. The fourth-order valence-corrected chi connectivity index (χ4v) is 7.83. The van der Waals surface area contributed by atoms with Gasteiger partial charge in [-0.25, -0.2) is 13.2 Å². The van der Waals surface area contributed by atoms with Crippen molar-refractivity contribution < 1.29 is 23.1 Å². The molecule has 2 aromatic carbocycles. The highest BCUT2D eigenvalue weighted by Gasteiger charge is 2.53. The maximum absolute atomic E-state index is 13.9. The number of rotatable bonds is 5. The van der Waals surface area contributed by atoms with Crippen LogP contribution in [0.3, 0.4) is 0 Å². The van der Waals surface area contributed by atoms with Crippen LogP contribution < -0.4 is 4.90 Å². The van der Waals surface area contributed by atoms with Gasteiger partial charge in [-0.3, -0.25) is 4.79 Å². The molecule has 3 aromatic rings. The quantitative estimate of drug-likeness (QED) is 0.496. The van der Waals surface area contributed by atoms with Gasteiger partial charge in [0.15, 0.2) is 0 Å². The summed E-state index contributed by atoms with van der Waals surface area (Å²) in [7, 11) is -3.58. The number of benzene rings is 2. The number of thiophene rings is 1. The van der Waals surface area contributed by atoms with Gasteiger partial charge in [-0.2, -0.15) is 4.31 Å². The molecular weight excluding hydrogens is 540 g/mol. The number of aromatic carboxylic acids is 1. The van der Waals surface area contributed by atoms with Gasteiger partial charge in [-0.05, 0) is 65.7 Å². The zero-order valence-corrected chi connectivity index (χ0v) is 21.2. The Kier molecular flexibility index (Phi) is 5.87. The van der Waals surface area contributed by atoms with Crippen LogP contribution in [0, 0.1) is 0 Å². The highest BCUT2D eigenvalue weighted by molar-refractivity contribution is 9.10. The summed E-state index contributed by atoms with van der Waals surface area (Å²) in [6.07, 6.45) is 0.761. The minimum absolute atomic E-state index is 0.0745. The molecule has 1 spiro atoms. The van der Waals surface area contributed by atoms with Crippen LogP contribution in [-0.4, -0.2) is 42.8 Å². The fraction of sp³-hybridized carbons (Fsp3) is 0.250. The smallest absolute Gasteiger partial charge is 0.335 e. The number of halogens is 1. The van der Waals surface area contributed by atoms with Crippen molar-refractivity contribution >= 4 is 54.9 Å². The zero-order valence-electron chi connectivity index (χ0n) is 18.0. The molecule has 3 heterocycles. The molecular formula is C24H21BrN2O5S2. The zero-order chi connectivity index (χ0) is 24.1. The second-order valence-electron chi connectivity index (χ2n) is 8.48. The van der Waals surface area contributed by atoms with E-state index in [0.717, 1.165) is 21.3 Å². The predicted octanol–water partition coefficient (Wildman–Crippen LogP) is 4.48. The fourth-order valence-electron chi connectivity index (χ4n) is 4.88. The first-order valence-electron chi connectivity index (χ1n) is 10.7. The van der Waals surface area contributed by atoms with E-state index in [4.69, 9.17) is 0 Å². The van der Waals surface area contributed by atoms with Gasteiger partial charge in [0.25, 0.3) is 10.0 Å². The number of hydrogen-bond acceptors (Lipinski definition) is 5. The number of carbonyl (C=O) groups is 2. The van der Waals surface area contributed by atoms with Crippen LogP contribution in [0.25, 0.3) is 0 Å². The van der Waals surface area contributed by atoms with Crippen LogP contribution in [0.4, 0.5) is 5.69 Å². The van der Waals surface area contributed by atoms with Gasteiger partial charge in [-0.1, -0.05) is 34.1 Å². The Morgan fingerprint density at radius 2 is 1.85 bits per heavy atom. The molecule has 1 fully saturated rings. The van der Waals surface area contributed by atoms with Crippen molar-refractivity contribution in [1.82, 2.24) is 4.31 Å². The minimum atomic E-state index is -3.58.